The number of aromatic nitrogens is 3. The first-order chi connectivity index (χ1) is 15.0. The van der Waals surface area contributed by atoms with E-state index in [1.54, 1.807) is 4.68 Å². The molecule has 3 heterocycles. The minimum atomic E-state index is -0.208. The quantitative estimate of drug-likeness (QED) is 0.565. The van der Waals surface area contributed by atoms with Crippen molar-refractivity contribution in [2.24, 2.45) is 0 Å². The van der Waals surface area contributed by atoms with Gasteiger partial charge in [-0.25, -0.2) is 4.68 Å². The van der Waals surface area contributed by atoms with Crippen LogP contribution in [0.1, 0.15) is 30.5 Å². The van der Waals surface area contributed by atoms with E-state index in [1.165, 1.54) is 0 Å². The number of hydrogen-bond acceptors (Lipinski definition) is 5. The van der Waals surface area contributed by atoms with Crippen LogP contribution in [-0.4, -0.2) is 57.7 Å². The maximum absolute atomic E-state index is 12.2. The Hall–Kier alpha value is -3.42. The fourth-order valence-corrected chi connectivity index (χ4v) is 3.93. The second kappa shape index (κ2) is 9.16. The molecule has 0 aliphatic carbocycles. The summed E-state index contributed by atoms with van der Waals surface area (Å²) in [5.41, 5.74) is 3.51. The van der Waals surface area contributed by atoms with Gasteiger partial charge in [-0.1, -0.05) is 18.2 Å². The van der Waals surface area contributed by atoms with E-state index < -0.39 is 0 Å². The van der Waals surface area contributed by atoms with E-state index in [0.717, 1.165) is 41.7 Å². The molecule has 1 fully saturated rings. The number of nitrogens with one attached hydrogen (secondary N) is 1. The first-order valence-electron chi connectivity index (χ1n) is 10.6. The lowest BCUT2D eigenvalue weighted by molar-refractivity contribution is -0.127. The van der Waals surface area contributed by atoms with Crippen LogP contribution in [0.15, 0.2) is 36.4 Å². The number of para-hydroxylation sites is 1. The lowest BCUT2D eigenvalue weighted by atomic mass is 10.2. The smallest absolute Gasteiger partial charge is 0.258 e. The molecule has 0 bridgehead atoms. The zero-order valence-corrected chi connectivity index (χ0v) is 17.9. The van der Waals surface area contributed by atoms with Gasteiger partial charge in [-0.3, -0.25) is 9.59 Å². The molecule has 2 aromatic heterocycles. The Labute approximate surface area is 181 Å². The van der Waals surface area contributed by atoms with Crippen LogP contribution < -0.4 is 10.1 Å². The van der Waals surface area contributed by atoms with Crippen LogP contribution in [0.5, 0.6) is 5.88 Å². The van der Waals surface area contributed by atoms with Crippen molar-refractivity contribution < 1.29 is 14.3 Å². The predicted molar refractivity (Wildman–Crippen MR) is 117 cm³/mol. The Morgan fingerprint density at radius 1 is 1.23 bits per heavy atom. The van der Waals surface area contributed by atoms with Crippen LogP contribution >= 0.6 is 0 Å². The van der Waals surface area contributed by atoms with Crippen LogP contribution in [0.3, 0.4) is 0 Å². The zero-order chi connectivity index (χ0) is 21.8. The molecule has 0 unspecified atom stereocenters. The van der Waals surface area contributed by atoms with E-state index in [4.69, 9.17) is 4.74 Å². The van der Waals surface area contributed by atoms with Crippen molar-refractivity contribution in [3.8, 4) is 11.6 Å². The van der Waals surface area contributed by atoms with Crippen molar-refractivity contribution >= 4 is 22.8 Å². The number of carbonyl (C=O) groups excluding carboxylic acids is 2. The molecule has 8 nitrogen and oxygen atoms in total. The molecule has 1 aliphatic rings. The van der Waals surface area contributed by atoms with Crippen molar-refractivity contribution in [3.63, 3.8) is 0 Å². The Morgan fingerprint density at radius 2 is 2.03 bits per heavy atom. The molecule has 1 aromatic carbocycles. The standard InChI is InChI=1S/C23H27N5O3/c1-16-14-20(31-15-19(29)24-11-7-13-27-12-6-10-21(27)30)25-23-22(16)17(2)26-28(23)18-8-4-3-5-9-18/h3-5,8-9,14H,6-7,10-13,15H2,1-2H3,(H,24,29). The molecule has 1 N–H and O–H groups in total. The van der Waals surface area contributed by atoms with Gasteiger partial charge in [-0.15, -0.1) is 0 Å². The highest BCUT2D eigenvalue weighted by atomic mass is 16.5. The summed E-state index contributed by atoms with van der Waals surface area (Å²) in [7, 11) is 0. The highest BCUT2D eigenvalue weighted by molar-refractivity contribution is 5.84. The maximum Gasteiger partial charge on any atom is 0.258 e. The van der Waals surface area contributed by atoms with Gasteiger partial charge in [-0.2, -0.15) is 10.1 Å². The molecule has 2 amide bonds. The first kappa shape index (κ1) is 20.8. The number of hydrogen-bond donors (Lipinski definition) is 1. The van der Waals surface area contributed by atoms with Crippen molar-refractivity contribution in [1.82, 2.24) is 25.0 Å². The van der Waals surface area contributed by atoms with Gasteiger partial charge < -0.3 is 15.0 Å². The average Bonchev–Trinajstić information content (AvgIpc) is 3.33. The zero-order valence-electron chi connectivity index (χ0n) is 17.9. The summed E-state index contributed by atoms with van der Waals surface area (Å²) in [5, 5.41) is 8.46. The molecule has 1 aliphatic heterocycles. The summed E-state index contributed by atoms with van der Waals surface area (Å²) >= 11 is 0. The molecule has 31 heavy (non-hydrogen) atoms. The number of aryl methyl sites for hydroxylation is 2. The number of pyridine rings is 1. The van der Waals surface area contributed by atoms with Crippen molar-refractivity contribution in [2.75, 3.05) is 26.2 Å². The second-order valence-electron chi connectivity index (χ2n) is 7.79. The summed E-state index contributed by atoms with van der Waals surface area (Å²) in [5.74, 6) is 0.386. The van der Waals surface area contributed by atoms with Gasteiger partial charge in [0.15, 0.2) is 12.3 Å². The van der Waals surface area contributed by atoms with Crippen LogP contribution in [0.2, 0.25) is 0 Å². The van der Waals surface area contributed by atoms with E-state index in [1.807, 2.05) is 55.1 Å². The van der Waals surface area contributed by atoms with Gasteiger partial charge in [0.05, 0.1) is 11.4 Å². The summed E-state index contributed by atoms with van der Waals surface area (Å²) in [6.07, 6.45) is 2.30. The lowest BCUT2D eigenvalue weighted by Gasteiger charge is -2.15. The third-order valence-corrected chi connectivity index (χ3v) is 5.44. The maximum atomic E-state index is 12.2. The molecule has 0 saturated carbocycles. The van der Waals surface area contributed by atoms with Crippen LogP contribution in [-0.2, 0) is 9.59 Å². The normalized spacial score (nSPS) is 13.7. The van der Waals surface area contributed by atoms with E-state index in [9.17, 15) is 9.59 Å². The van der Waals surface area contributed by atoms with E-state index in [0.29, 0.717) is 31.0 Å². The largest absolute Gasteiger partial charge is 0.468 e. The van der Waals surface area contributed by atoms with Crippen LogP contribution in [0.25, 0.3) is 16.7 Å². The van der Waals surface area contributed by atoms with Crippen LogP contribution in [0.4, 0.5) is 0 Å². The second-order valence-corrected chi connectivity index (χ2v) is 7.79. The van der Waals surface area contributed by atoms with Gasteiger partial charge in [0.1, 0.15) is 0 Å². The third kappa shape index (κ3) is 4.68. The minimum absolute atomic E-state index is 0.112. The third-order valence-electron chi connectivity index (χ3n) is 5.44. The Balaban J connectivity index is 1.37. The molecular formula is C23H27N5O3. The number of ether oxygens (including phenoxy) is 1. The molecule has 0 atom stereocenters. The Morgan fingerprint density at radius 3 is 2.77 bits per heavy atom. The number of rotatable bonds is 8. The summed E-state index contributed by atoms with van der Waals surface area (Å²) in [6.45, 7) is 5.85. The SMILES string of the molecule is Cc1cc(OCC(=O)NCCCN2CCCC2=O)nc2c1c(C)nn2-c1ccccc1. The topological polar surface area (TPSA) is 89.3 Å². The summed E-state index contributed by atoms with van der Waals surface area (Å²) in [6, 6.07) is 11.6. The summed E-state index contributed by atoms with van der Waals surface area (Å²) < 4.78 is 7.47. The monoisotopic (exact) mass is 421 g/mol. The minimum Gasteiger partial charge on any atom is -0.468 e. The lowest BCUT2D eigenvalue weighted by Crippen LogP contribution is -2.33. The van der Waals surface area contributed by atoms with Crippen molar-refractivity contribution in [2.45, 2.75) is 33.1 Å². The number of nitrogens with zero attached hydrogens (tertiary/aromatic N) is 4. The Bertz CT molecular complexity index is 1090. The predicted octanol–water partition coefficient (Wildman–Crippen LogP) is 2.54. The van der Waals surface area contributed by atoms with Gasteiger partial charge in [0, 0.05) is 37.5 Å². The van der Waals surface area contributed by atoms with E-state index in [-0.39, 0.29) is 18.4 Å². The van der Waals surface area contributed by atoms with Gasteiger partial charge in [0.2, 0.25) is 11.8 Å². The first-order valence-corrected chi connectivity index (χ1v) is 10.6. The fourth-order valence-electron chi connectivity index (χ4n) is 3.93. The highest BCUT2D eigenvalue weighted by Gasteiger charge is 2.19. The van der Waals surface area contributed by atoms with E-state index in [2.05, 4.69) is 15.4 Å². The van der Waals surface area contributed by atoms with Gasteiger partial charge in [0.25, 0.3) is 5.91 Å². The summed E-state index contributed by atoms with van der Waals surface area (Å²) in [4.78, 5) is 30.2. The molecular weight excluding hydrogens is 394 g/mol. The fraction of sp³-hybridized carbons (Fsp3) is 0.391. The number of fused-ring (bicyclic) bond motifs is 1. The molecule has 0 spiro atoms. The van der Waals surface area contributed by atoms with Gasteiger partial charge >= 0.3 is 0 Å². The van der Waals surface area contributed by atoms with Gasteiger partial charge in [-0.05, 0) is 44.4 Å². The van der Waals surface area contributed by atoms with E-state index >= 15 is 0 Å². The number of amides is 2. The number of benzene rings is 1. The van der Waals surface area contributed by atoms with Crippen molar-refractivity contribution in [3.05, 3.63) is 47.7 Å². The molecule has 3 aromatic rings. The molecule has 8 heteroatoms. The molecule has 162 valence electrons. The molecule has 0 radical (unpaired) electrons. The molecule has 1 saturated heterocycles. The number of carbonyl (C=O) groups is 2. The number of likely N-dealkylation sites (tertiary alicyclic amines) is 1. The highest BCUT2D eigenvalue weighted by Crippen LogP contribution is 2.26. The Kier molecular flexibility index (Phi) is 6.16. The van der Waals surface area contributed by atoms with Crippen LogP contribution in [0, 0.1) is 13.8 Å². The molecule has 4 rings (SSSR count). The average molecular weight is 422 g/mol. The van der Waals surface area contributed by atoms with Crippen molar-refractivity contribution in [1.29, 1.82) is 0 Å².